The van der Waals surface area contributed by atoms with E-state index in [0.29, 0.717) is 17.6 Å². The molecule has 1 aromatic heterocycles. The molecule has 0 bridgehead atoms. The summed E-state index contributed by atoms with van der Waals surface area (Å²) in [5.74, 6) is 0.356. The first kappa shape index (κ1) is 28.5. The number of nitrogens with one attached hydrogen (secondary N) is 1. The maximum Gasteiger partial charge on any atom is 0.244 e. The van der Waals surface area contributed by atoms with E-state index in [9.17, 15) is 13.2 Å². The molecule has 0 radical (unpaired) electrons. The van der Waals surface area contributed by atoms with Crippen molar-refractivity contribution in [3.63, 3.8) is 0 Å². The molecule has 1 N–H and O–H groups in total. The van der Waals surface area contributed by atoms with E-state index in [1.807, 2.05) is 75.4 Å². The average molecular weight is 547 g/mol. The van der Waals surface area contributed by atoms with E-state index in [4.69, 9.17) is 5.10 Å². The molecule has 0 aliphatic rings. The second kappa shape index (κ2) is 11.3. The molecule has 7 nitrogen and oxygen atoms in total. The Balaban J connectivity index is 1.68. The van der Waals surface area contributed by atoms with Gasteiger partial charge in [-0.05, 0) is 48.4 Å². The Kier molecular flexibility index (Phi) is 8.28. The van der Waals surface area contributed by atoms with Crippen LogP contribution < -0.4 is 5.32 Å². The summed E-state index contributed by atoms with van der Waals surface area (Å²) in [7, 11) is -3.95. The zero-order chi connectivity index (χ0) is 28.4. The molecule has 0 fully saturated rings. The summed E-state index contributed by atoms with van der Waals surface area (Å²) in [6.45, 7) is 12.2. The number of carbonyl (C=O) groups excluding carboxylic acids is 1. The van der Waals surface area contributed by atoms with Gasteiger partial charge in [0.05, 0.1) is 22.8 Å². The number of fused-ring (bicyclic) bond motifs is 1. The van der Waals surface area contributed by atoms with Crippen LogP contribution >= 0.6 is 0 Å². The number of amides is 1. The van der Waals surface area contributed by atoms with Crippen molar-refractivity contribution >= 4 is 32.5 Å². The summed E-state index contributed by atoms with van der Waals surface area (Å²) in [4.78, 5) is 13.7. The molecule has 206 valence electrons. The van der Waals surface area contributed by atoms with E-state index in [2.05, 4.69) is 26.1 Å². The van der Waals surface area contributed by atoms with Crippen molar-refractivity contribution in [3.8, 4) is 5.69 Å². The Morgan fingerprint density at radius 1 is 1.00 bits per heavy atom. The summed E-state index contributed by atoms with van der Waals surface area (Å²) < 4.78 is 30.9. The third-order valence-electron chi connectivity index (χ3n) is 6.63. The minimum Gasteiger partial charge on any atom is -0.309 e. The zero-order valence-corrected chi connectivity index (χ0v) is 24.4. The highest BCUT2D eigenvalue weighted by molar-refractivity contribution is 7.89. The first-order chi connectivity index (χ1) is 18.4. The van der Waals surface area contributed by atoms with Crippen LogP contribution in [0.1, 0.15) is 52.3 Å². The van der Waals surface area contributed by atoms with Gasteiger partial charge in [-0.1, -0.05) is 83.1 Å². The molecule has 0 saturated carbocycles. The van der Waals surface area contributed by atoms with E-state index < -0.39 is 15.9 Å². The molecule has 1 amide bonds. The first-order valence-corrected chi connectivity index (χ1v) is 14.8. The normalized spacial score (nSPS) is 12.4. The molecule has 3 aromatic carbocycles. The number of anilines is 1. The minimum absolute atomic E-state index is 0.206. The van der Waals surface area contributed by atoms with Gasteiger partial charge in [0.2, 0.25) is 15.9 Å². The van der Waals surface area contributed by atoms with Crippen molar-refractivity contribution in [2.45, 2.75) is 58.3 Å². The van der Waals surface area contributed by atoms with E-state index in [-0.39, 0.29) is 29.3 Å². The highest BCUT2D eigenvalue weighted by atomic mass is 32.2. The second-order valence-electron chi connectivity index (χ2n) is 11.5. The fraction of sp³-hybridized carbons (Fsp3) is 0.355. The molecule has 0 atom stereocenters. The van der Waals surface area contributed by atoms with Gasteiger partial charge in [-0.15, -0.1) is 0 Å². The molecule has 0 aliphatic carbocycles. The Hall–Kier alpha value is -3.49. The molecule has 0 saturated heterocycles. The van der Waals surface area contributed by atoms with Crippen LogP contribution in [-0.2, 0) is 20.2 Å². The smallest absolute Gasteiger partial charge is 0.244 e. The van der Waals surface area contributed by atoms with Crippen LogP contribution in [0, 0.1) is 12.8 Å². The lowest BCUT2D eigenvalue weighted by Gasteiger charge is -2.23. The number of aryl methyl sites for hydroxylation is 1. The highest BCUT2D eigenvalue weighted by Gasteiger charge is 2.29. The maximum absolute atomic E-state index is 13.9. The topological polar surface area (TPSA) is 84.3 Å². The first-order valence-electron chi connectivity index (χ1n) is 13.3. The number of nitrogens with zero attached hydrogens (tertiary/aromatic N) is 3. The SMILES string of the molecule is Cc1cccc(-n2nc(C(C)(C)C)cc2NC(=O)CN(CCC(C)C)S(=O)(=O)c2cccc3ccccc23)c1. The number of carbonyl (C=O) groups is 1. The van der Waals surface area contributed by atoms with Crippen LogP contribution in [0.15, 0.2) is 77.7 Å². The molecule has 4 rings (SSSR count). The molecule has 39 heavy (non-hydrogen) atoms. The molecule has 0 aliphatic heterocycles. The summed E-state index contributed by atoms with van der Waals surface area (Å²) in [6, 6.07) is 22.4. The summed E-state index contributed by atoms with van der Waals surface area (Å²) >= 11 is 0. The summed E-state index contributed by atoms with van der Waals surface area (Å²) in [6.07, 6.45) is 0.632. The second-order valence-corrected chi connectivity index (χ2v) is 13.4. The Bertz CT molecular complexity index is 1580. The largest absolute Gasteiger partial charge is 0.309 e. The van der Waals surface area contributed by atoms with Crippen molar-refractivity contribution in [1.82, 2.24) is 14.1 Å². The predicted molar refractivity (Wildman–Crippen MR) is 158 cm³/mol. The van der Waals surface area contributed by atoms with Gasteiger partial charge >= 0.3 is 0 Å². The molecule has 8 heteroatoms. The maximum atomic E-state index is 13.9. The fourth-order valence-electron chi connectivity index (χ4n) is 4.38. The molecular formula is C31H38N4O3S. The molecule has 1 heterocycles. The Morgan fingerprint density at radius 3 is 2.38 bits per heavy atom. The zero-order valence-electron chi connectivity index (χ0n) is 23.6. The van der Waals surface area contributed by atoms with Gasteiger partial charge in [0, 0.05) is 23.4 Å². The third kappa shape index (κ3) is 6.57. The van der Waals surface area contributed by atoms with Gasteiger partial charge < -0.3 is 5.32 Å². The van der Waals surface area contributed by atoms with Crippen molar-refractivity contribution in [1.29, 1.82) is 0 Å². The molecular weight excluding hydrogens is 508 g/mol. The van der Waals surface area contributed by atoms with Crippen molar-refractivity contribution in [3.05, 3.63) is 84.1 Å². The average Bonchev–Trinajstić information content (AvgIpc) is 3.30. The van der Waals surface area contributed by atoms with Gasteiger partial charge in [-0.25, -0.2) is 13.1 Å². The number of hydrogen-bond donors (Lipinski definition) is 1. The lowest BCUT2D eigenvalue weighted by molar-refractivity contribution is -0.116. The minimum atomic E-state index is -3.95. The fourth-order valence-corrected chi connectivity index (χ4v) is 6.01. The van der Waals surface area contributed by atoms with E-state index >= 15 is 0 Å². The molecule has 0 unspecified atom stereocenters. The lowest BCUT2D eigenvalue weighted by Crippen LogP contribution is -2.39. The quantitative estimate of drug-likeness (QED) is 0.267. The number of rotatable bonds is 9. The van der Waals surface area contributed by atoms with Gasteiger partial charge in [-0.2, -0.15) is 9.40 Å². The van der Waals surface area contributed by atoms with E-state index in [1.54, 1.807) is 22.9 Å². The molecule has 0 spiro atoms. The van der Waals surface area contributed by atoms with Crippen LogP contribution in [0.3, 0.4) is 0 Å². The van der Waals surface area contributed by atoms with Crippen molar-refractivity contribution < 1.29 is 13.2 Å². The van der Waals surface area contributed by atoms with Gasteiger partial charge in [-0.3, -0.25) is 4.79 Å². The van der Waals surface area contributed by atoms with Gasteiger partial charge in [0.25, 0.3) is 0 Å². The highest BCUT2D eigenvalue weighted by Crippen LogP contribution is 2.28. The third-order valence-corrected chi connectivity index (χ3v) is 8.54. The standard InChI is InChI=1S/C31H38N4O3S/c1-22(2)17-18-34(39(37,38)27-16-10-13-24-12-7-8-15-26(24)27)21-30(36)32-29-20-28(31(4,5)6)33-35(29)25-14-9-11-23(3)19-25/h7-16,19-20,22H,17-18,21H2,1-6H3,(H,32,36). The number of hydrogen-bond acceptors (Lipinski definition) is 4. The number of benzene rings is 3. The summed E-state index contributed by atoms with van der Waals surface area (Å²) in [5.41, 5.74) is 2.47. The van der Waals surface area contributed by atoms with E-state index in [0.717, 1.165) is 22.3 Å². The number of aromatic nitrogens is 2. The van der Waals surface area contributed by atoms with Crippen molar-refractivity contribution in [2.24, 2.45) is 5.92 Å². The monoisotopic (exact) mass is 546 g/mol. The van der Waals surface area contributed by atoms with Crippen LogP contribution in [0.5, 0.6) is 0 Å². The summed E-state index contributed by atoms with van der Waals surface area (Å²) in [5, 5.41) is 9.22. The van der Waals surface area contributed by atoms with Gasteiger partial charge in [0.1, 0.15) is 5.82 Å². The predicted octanol–water partition coefficient (Wildman–Crippen LogP) is 6.31. The Labute approximate surface area is 231 Å². The van der Waals surface area contributed by atoms with Crippen LogP contribution in [0.2, 0.25) is 0 Å². The number of sulfonamides is 1. The van der Waals surface area contributed by atoms with Crippen molar-refractivity contribution in [2.75, 3.05) is 18.4 Å². The van der Waals surface area contributed by atoms with Crippen LogP contribution in [0.25, 0.3) is 16.5 Å². The van der Waals surface area contributed by atoms with E-state index in [1.165, 1.54) is 4.31 Å². The Morgan fingerprint density at radius 2 is 1.69 bits per heavy atom. The molecule has 4 aromatic rings. The van der Waals surface area contributed by atoms with Gasteiger partial charge in [0.15, 0.2) is 0 Å². The van der Waals surface area contributed by atoms with Crippen LogP contribution in [0.4, 0.5) is 5.82 Å². The lowest BCUT2D eigenvalue weighted by atomic mass is 9.92. The van der Waals surface area contributed by atoms with Crippen LogP contribution in [-0.4, -0.2) is 41.5 Å².